The minimum atomic E-state index is -0.360. The van der Waals surface area contributed by atoms with Crippen LogP contribution in [0.1, 0.15) is 19.8 Å². The Kier molecular flexibility index (Phi) is 3.71. The monoisotopic (exact) mass is 186 g/mol. The van der Waals surface area contributed by atoms with Gasteiger partial charge < -0.3 is 10.0 Å². The normalized spacial score (nSPS) is 21.9. The summed E-state index contributed by atoms with van der Waals surface area (Å²) in [7, 11) is 4.16. The Balaban J connectivity index is 2.10. The summed E-state index contributed by atoms with van der Waals surface area (Å²) in [5.41, 5.74) is -0.360. The zero-order valence-corrected chi connectivity index (χ0v) is 9.08. The molecule has 1 aliphatic rings. The highest BCUT2D eigenvalue weighted by atomic mass is 16.3. The third-order valence-electron chi connectivity index (χ3n) is 2.61. The van der Waals surface area contributed by atoms with Crippen molar-refractivity contribution < 1.29 is 5.11 Å². The van der Waals surface area contributed by atoms with Crippen LogP contribution in [0.4, 0.5) is 0 Å². The molecular formula is C10H22N2O. The second kappa shape index (κ2) is 4.40. The first-order valence-corrected chi connectivity index (χ1v) is 5.15. The Morgan fingerprint density at radius 2 is 2.00 bits per heavy atom. The lowest BCUT2D eigenvalue weighted by molar-refractivity contribution is -0.103. The van der Waals surface area contributed by atoms with Gasteiger partial charge in [0.1, 0.15) is 0 Å². The van der Waals surface area contributed by atoms with Crippen LogP contribution in [0.5, 0.6) is 0 Å². The van der Waals surface area contributed by atoms with Crippen LogP contribution < -0.4 is 0 Å². The summed E-state index contributed by atoms with van der Waals surface area (Å²) in [6.45, 7) is 6.03. The van der Waals surface area contributed by atoms with Gasteiger partial charge in [0.15, 0.2) is 0 Å². The summed E-state index contributed by atoms with van der Waals surface area (Å²) in [6, 6.07) is 0. The van der Waals surface area contributed by atoms with Gasteiger partial charge in [-0.15, -0.1) is 0 Å². The molecular weight excluding hydrogens is 164 g/mol. The zero-order chi connectivity index (χ0) is 9.90. The lowest BCUT2D eigenvalue weighted by Gasteiger charge is -2.47. The molecule has 78 valence electrons. The van der Waals surface area contributed by atoms with E-state index in [-0.39, 0.29) is 5.60 Å². The molecule has 13 heavy (non-hydrogen) atoms. The molecule has 0 saturated carbocycles. The number of likely N-dealkylation sites (N-methyl/N-ethyl adjacent to an activating group) is 1. The van der Waals surface area contributed by atoms with E-state index in [2.05, 4.69) is 30.8 Å². The highest BCUT2D eigenvalue weighted by Crippen LogP contribution is 2.24. The molecule has 0 radical (unpaired) electrons. The van der Waals surface area contributed by atoms with Gasteiger partial charge in [-0.25, -0.2) is 0 Å². The van der Waals surface area contributed by atoms with Crippen molar-refractivity contribution >= 4 is 0 Å². The number of likely N-dealkylation sites (tertiary alicyclic amines) is 1. The van der Waals surface area contributed by atoms with Crippen molar-refractivity contribution in [2.24, 2.45) is 0 Å². The number of nitrogens with zero attached hydrogens (tertiary/aromatic N) is 2. The largest absolute Gasteiger partial charge is 0.387 e. The smallest absolute Gasteiger partial charge is 0.0900 e. The van der Waals surface area contributed by atoms with Gasteiger partial charge >= 0.3 is 0 Å². The minimum Gasteiger partial charge on any atom is -0.387 e. The van der Waals surface area contributed by atoms with Gasteiger partial charge in [-0.2, -0.15) is 0 Å². The van der Waals surface area contributed by atoms with Gasteiger partial charge in [0.2, 0.25) is 0 Å². The Labute approximate surface area is 81.3 Å². The van der Waals surface area contributed by atoms with Crippen molar-refractivity contribution in [3.8, 4) is 0 Å². The maximum absolute atomic E-state index is 9.89. The van der Waals surface area contributed by atoms with E-state index in [1.165, 1.54) is 0 Å². The van der Waals surface area contributed by atoms with E-state index in [1.807, 2.05) is 0 Å². The summed E-state index contributed by atoms with van der Waals surface area (Å²) in [4.78, 5) is 4.49. The molecule has 1 heterocycles. The first kappa shape index (κ1) is 11.0. The van der Waals surface area contributed by atoms with Gasteiger partial charge in [0.05, 0.1) is 5.60 Å². The van der Waals surface area contributed by atoms with Crippen LogP contribution in [0, 0.1) is 0 Å². The number of hydrogen-bond acceptors (Lipinski definition) is 3. The lowest BCUT2D eigenvalue weighted by atomic mass is 9.89. The summed E-state index contributed by atoms with van der Waals surface area (Å²) in [5.74, 6) is 0. The van der Waals surface area contributed by atoms with Crippen LogP contribution >= 0.6 is 0 Å². The van der Waals surface area contributed by atoms with Crippen molar-refractivity contribution in [3.63, 3.8) is 0 Å². The maximum atomic E-state index is 9.89. The Hall–Kier alpha value is -0.120. The third-order valence-corrected chi connectivity index (χ3v) is 2.61. The van der Waals surface area contributed by atoms with Gasteiger partial charge in [0, 0.05) is 26.2 Å². The zero-order valence-electron chi connectivity index (χ0n) is 9.08. The van der Waals surface area contributed by atoms with Crippen LogP contribution in [0.2, 0.25) is 0 Å². The Morgan fingerprint density at radius 3 is 2.46 bits per heavy atom. The molecule has 0 unspecified atom stereocenters. The second-order valence-electron chi connectivity index (χ2n) is 4.49. The quantitative estimate of drug-likeness (QED) is 0.673. The molecule has 0 aromatic heterocycles. The Bertz CT molecular complexity index is 153. The predicted octanol–water partition coefficient (Wildman–Crippen LogP) is 0.395. The fourth-order valence-electron chi connectivity index (χ4n) is 1.91. The molecule has 3 heteroatoms. The van der Waals surface area contributed by atoms with Gasteiger partial charge in [0.25, 0.3) is 0 Å². The van der Waals surface area contributed by atoms with E-state index >= 15 is 0 Å². The molecule has 0 aromatic carbocycles. The molecule has 1 rings (SSSR count). The molecule has 1 N–H and O–H groups in total. The van der Waals surface area contributed by atoms with Crippen LogP contribution in [-0.4, -0.2) is 60.8 Å². The van der Waals surface area contributed by atoms with Crippen LogP contribution in [-0.2, 0) is 0 Å². The number of aliphatic hydroxyl groups is 1. The van der Waals surface area contributed by atoms with Gasteiger partial charge in [-0.1, -0.05) is 13.3 Å². The molecule has 0 aromatic rings. The summed E-state index contributed by atoms with van der Waals surface area (Å²) >= 11 is 0. The van der Waals surface area contributed by atoms with Crippen LogP contribution in [0.15, 0.2) is 0 Å². The van der Waals surface area contributed by atoms with E-state index in [0.717, 1.165) is 39.0 Å². The van der Waals surface area contributed by atoms with Crippen molar-refractivity contribution in [1.29, 1.82) is 0 Å². The highest BCUT2D eigenvalue weighted by Gasteiger charge is 2.39. The second-order valence-corrected chi connectivity index (χ2v) is 4.49. The van der Waals surface area contributed by atoms with E-state index in [4.69, 9.17) is 0 Å². The fourth-order valence-corrected chi connectivity index (χ4v) is 1.91. The van der Waals surface area contributed by atoms with Crippen molar-refractivity contribution in [3.05, 3.63) is 0 Å². The number of hydrogen-bond donors (Lipinski definition) is 1. The SMILES string of the molecule is CCCC1(O)CN(CCN(C)C)C1. The average Bonchev–Trinajstić information content (AvgIpc) is 1.97. The molecule has 0 spiro atoms. The van der Waals surface area contributed by atoms with E-state index in [9.17, 15) is 5.11 Å². The molecule has 0 atom stereocenters. The van der Waals surface area contributed by atoms with E-state index in [1.54, 1.807) is 0 Å². The van der Waals surface area contributed by atoms with Gasteiger partial charge in [-0.3, -0.25) is 4.90 Å². The third kappa shape index (κ3) is 3.25. The van der Waals surface area contributed by atoms with Crippen molar-refractivity contribution in [2.45, 2.75) is 25.4 Å². The molecule has 0 amide bonds. The number of β-amino-alcohol motifs (C(OH)–C–C–N with tert-alkyl or cyclic N) is 1. The average molecular weight is 186 g/mol. The Morgan fingerprint density at radius 1 is 1.38 bits per heavy atom. The summed E-state index contributed by atoms with van der Waals surface area (Å²) in [5, 5.41) is 9.89. The predicted molar refractivity (Wildman–Crippen MR) is 54.9 cm³/mol. The molecule has 0 aliphatic carbocycles. The summed E-state index contributed by atoms with van der Waals surface area (Å²) in [6.07, 6.45) is 2.03. The molecule has 0 bridgehead atoms. The molecule has 1 aliphatic heterocycles. The van der Waals surface area contributed by atoms with Crippen LogP contribution in [0.3, 0.4) is 0 Å². The molecule has 1 fully saturated rings. The van der Waals surface area contributed by atoms with E-state index < -0.39 is 0 Å². The first-order valence-electron chi connectivity index (χ1n) is 5.15. The fraction of sp³-hybridized carbons (Fsp3) is 1.00. The molecule has 1 saturated heterocycles. The van der Waals surface area contributed by atoms with Gasteiger partial charge in [-0.05, 0) is 20.5 Å². The van der Waals surface area contributed by atoms with Crippen molar-refractivity contribution in [2.75, 3.05) is 40.3 Å². The van der Waals surface area contributed by atoms with Crippen molar-refractivity contribution in [1.82, 2.24) is 9.80 Å². The maximum Gasteiger partial charge on any atom is 0.0900 e. The lowest BCUT2D eigenvalue weighted by Crippen LogP contribution is -2.62. The summed E-state index contributed by atoms with van der Waals surface area (Å²) < 4.78 is 0. The topological polar surface area (TPSA) is 26.7 Å². The van der Waals surface area contributed by atoms with Crippen LogP contribution in [0.25, 0.3) is 0 Å². The van der Waals surface area contributed by atoms with E-state index in [0.29, 0.717) is 0 Å². The number of rotatable bonds is 5. The highest BCUT2D eigenvalue weighted by molar-refractivity contribution is 4.94. The minimum absolute atomic E-state index is 0.360. The standard InChI is InChI=1S/C10H22N2O/c1-4-5-10(13)8-12(9-10)7-6-11(2)3/h13H,4-9H2,1-3H3. The first-order chi connectivity index (χ1) is 6.06. The molecule has 3 nitrogen and oxygen atoms in total.